The van der Waals surface area contributed by atoms with E-state index < -0.39 is 5.60 Å². The molecular formula is C14H23NO2. The fraction of sp³-hybridized carbons (Fsp3) is 0.571. The van der Waals surface area contributed by atoms with E-state index in [0.29, 0.717) is 13.2 Å². The van der Waals surface area contributed by atoms with Crippen LogP contribution in [0.1, 0.15) is 19.4 Å². The molecule has 0 aromatic heterocycles. The van der Waals surface area contributed by atoms with E-state index in [4.69, 9.17) is 4.74 Å². The van der Waals surface area contributed by atoms with Gasteiger partial charge in [0, 0.05) is 20.2 Å². The highest BCUT2D eigenvalue weighted by Crippen LogP contribution is 2.28. The lowest BCUT2D eigenvalue weighted by atomic mass is 9.83. The lowest BCUT2D eigenvalue weighted by Crippen LogP contribution is -2.43. The fourth-order valence-corrected chi connectivity index (χ4v) is 1.82. The van der Waals surface area contributed by atoms with Gasteiger partial charge in [-0.2, -0.15) is 0 Å². The number of methoxy groups -OCH3 is 1. The van der Waals surface area contributed by atoms with Crippen molar-refractivity contribution < 1.29 is 9.84 Å². The van der Waals surface area contributed by atoms with E-state index >= 15 is 0 Å². The van der Waals surface area contributed by atoms with Crippen molar-refractivity contribution in [3.63, 3.8) is 0 Å². The Morgan fingerprint density at radius 1 is 1.29 bits per heavy atom. The van der Waals surface area contributed by atoms with Crippen LogP contribution in [-0.4, -0.2) is 31.9 Å². The van der Waals surface area contributed by atoms with E-state index in [1.807, 2.05) is 44.2 Å². The topological polar surface area (TPSA) is 41.5 Å². The van der Waals surface area contributed by atoms with Crippen LogP contribution in [0.25, 0.3) is 0 Å². The monoisotopic (exact) mass is 237 g/mol. The van der Waals surface area contributed by atoms with E-state index in [-0.39, 0.29) is 5.92 Å². The minimum atomic E-state index is -0.824. The molecular weight excluding hydrogens is 214 g/mol. The molecule has 0 aliphatic heterocycles. The normalized spacial score (nSPS) is 14.9. The van der Waals surface area contributed by atoms with E-state index in [1.165, 1.54) is 0 Å². The molecule has 0 saturated heterocycles. The lowest BCUT2D eigenvalue weighted by molar-refractivity contribution is -0.0101. The second-order valence-corrected chi connectivity index (χ2v) is 4.61. The zero-order chi connectivity index (χ0) is 12.7. The van der Waals surface area contributed by atoms with Gasteiger partial charge in [-0.3, -0.25) is 0 Å². The second kappa shape index (κ2) is 6.74. The highest BCUT2D eigenvalue weighted by molar-refractivity contribution is 5.23. The minimum absolute atomic E-state index is 0.153. The van der Waals surface area contributed by atoms with Crippen LogP contribution in [0, 0.1) is 5.92 Å². The molecule has 1 atom stereocenters. The predicted octanol–water partition coefficient (Wildman–Crippen LogP) is 1.77. The maximum atomic E-state index is 10.8. The van der Waals surface area contributed by atoms with Crippen molar-refractivity contribution in [1.29, 1.82) is 0 Å². The van der Waals surface area contributed by atoms with Gasteiger partial charge in [0.05, 0.1) is 6.61 Å². The molecule has 0 saturated carbocycles. The molecule has 0 fully saturated rings. The molecule has 0 amide bonds. The van der Waals surface area contributed by atoms with E-state index in [1.54, 1.807) is 7.11 Å². The molecule has 0 radical (unpaired) electrons. The summed E-state index contributed by atoms with van der Waals surface area (Å²) in [6.07, 6.45) is 0. The van der Waals surface area contributed by atoms with E-state index in [9.17, 15) is 5.11 Å². The van der Waals surface area contributed by atoms with E-state index in [2.05, 4.69) is 5.32 Å². The Labute approximate surface area is 104 Å². The molecule has 0 spiro atoms. The van der Waals surface area contributed by atoms with Crippen molar-refractivity contribution in [1.82, 2.24) is 5.32 Å². The number of nitrogens with one attached hydrogen (secondary N) is 1. The van der Waals surface area contributed by atoms with Crippen molar-refractivity contribution in [2.75, 3.05) is 26.8 Å². The van der Waals surface area contributed by atoms with E-state index in [0.717, 1.165) is 12.1 Å². The molecule has 3 nitrogen and oxygen atoms in total. The summed E-state index contributed by atoms with van der Waals surface area (Å²) in [4.78, 5) is 0. The maximum absolute atomic E-state index is 10.8. The highest BCUT2D eigenvalue weighted by atomic mass is 16.5. The van der Waals surface area contributed by atoms with Crippen molar-refractivity contribution in [3.8, 4) is 0 Å². The number of aliphatic hydroxyl groups is 1. The van der Waals surface area contributed by atoms with Gasteiger partial charge in [0.15, 0.2) is 0 Å². The van der Waals surface area contributed by atoms with Crippen molar-refractivity contribution in [3.05, 3.63) is 35.9 Å². The summed E-state index contributed by atoms with van der Waals surface area (Å²) in [5.41, 5.74) is 0.134. The van der Waals surface area contributed by atoms with Gasteiger partial charge in [0.1, 0.15) is 5.60 Å². The molecule has 0 heterocycles. The summed E-state index contributed by atoms with van der Waals surface area (Å²) in [6.45, 7) is 6.01. The standard InChI is InChI=1S/C14H23NO2/c1-12(2)14(16,11-15-9-10-17-3)13-7-5-4-6-8-13/h4-8,12,15-16H,9-11H2,1-3H3. The van der Waals surface area contributed by atoms with Crippen LogP contribution in [0.2, 0.25) is 0 Å². The average molecular weight is 237 g/mol. The summed E-state index contributed by atoms with van der Waals surface area (Å²) in [7, 11) is 1.67. The van der Waals surface area contributed by atoms with Gasteiger partial charge >= 0.3 is 0 Å². The zero-order valence-electron chi connectivity index (χ0n) is 10.9. The molecule has 1 rings (SSSR count). The molecule has 1 aromatic carbocycles. The molecule has 2 N–H and O–H groups in total. The van der Waals surface area contributed by atoms with Gasteiger partial charge in [-0.05, 0) is 11.5 Å². The average Bonchev–Trinajstić information content (AvgIpc) is 2.35. The van der Waals surface area contributed by atoms with Gasteiger partial charge in [-0.25, -0.2) is 0 Å². The summed E-state index contributed by atoms with van der Waals surface area (Å²) in [5, 5.41) is 14.0. The number of hydrogen-bond donors (Lipinski definition) is 2. The smallest absolute Gasteiger partial charge is 0.104 e. The Kier molecular flexibility index (Phi) is 5.62. The third-order valence-electron chi connectivity index (χ3n) is 3.11. The van der Waals surface area contributed by atoms with Crippen LogP contribution < -0.4 is 5.32 Å². The first-order valence-corrected chi connectivity index (χ1v) is 6.09. The predicted molar refractivity (Wildman–Crippen MR) is 69.9 cm³/mol. The van der Waals surface area contributed by atoms with Crippen LogP contribution in [0.5, 0.6) is 0 Å². The lowest BCUT2D eigenvalue weighted by Gasteiger charge is -2.33. The van der Waals surface area contributed by atoms with Gasteiger partial charge in [-0.1, -0.05) is 44.2 Å². The Balaban J connectivity index is 2.69. The molecule has 0 aliphatic rings. The number of rotatable bonds is 7. The van der Waals surface area contributed by atoms with Gasteiger partial charge in [0.2, 0.25) is 0 Å². The zero-order valence-corrected chi connectivity index (χ0v) is 10.9. The third kappa shape index (κ3) is 3.80. The Morgan fingerprint density at radius 3 is 2.47 bits per heavy atom. The molecule has 1 aromatic rings. The molecule has 0 aliphatic carbocycles. The largest absolute Gasteiger partial charge is 0.384 e. The summed E-state index contributed by atoms with van der Waals surface area (Å²) < 4.78 is 4.98. The first-order valence-electron chi connectivity index (χ1n) is 6.09. The van der Waals surface area contributed by atoms with Crippen LogP contribution in [0.3, 0.4) is 0 Å². The first-order chi connectivity index (χ1) is 8.11. The molecule has 3 heteroatoms. The van der Waals surface area contributed by atoms with Crippen molar-refractivity contribution in [2.24, 2.45) is 5.92 Å². The summed E-state index contributed by atoms with van der Waals surface area (Å²) in [5.74, 6) is 0.153. The molecule has 1 unspecified atom stereocenters. The number of hydrogen-bond acceptors (Lipinski definition) is 3. The SMILES string of the molecule is COCCNCC(O)(c1ccccc1)C(C)C. The Hall–Kier alpha value is -0.900. The van der Waals surface area contributed by atoms with Crippen LogP contribution in [0.4, 0.5) is 0 Å². The van der Waals surface area contributed by atoms with Crippen LogP contribution >= 0.6 is 0 Å². The van der Waals surface area contributed by atoms with Crippen molar-refractivity contribution in [2.45, 2.75) is 19.4 Å². The minimum Gasteiger partial charge on any atom is -0.384 e. The van der Waals surface area contributed by atoms with Gasteiger partial charge in [-0.15, -0.1) is 0 Å². The van der Waals surface area contributed by atoms with Crippen molar-refractivity contribution >= 4 is 0 Å². The Morgan fingerprint density at radius 2 is 1.94 bits per heavy atom. The van der Waals surface area contributed by atoms with Gasteiger partial charge in [0.25, 0.3) is 0 Å². The summed E-state index contributed by atoms with van der Waals surface area (Å²) >= 11 is 0. The quantitative estimate of drug-likeness (QED) is 0.710. The summed E-state index contributed by atoms with van der Waals surface area (Å²) in [6, 6.07) is 9.81. The molecule has 0 bridgehead atoms. The number of ether oxygens (including phenoxy) is 1. The first kappa shape index (κ1) is 14.2. The van der Waals surface area contributed by atoms with Gasteiger partial charge < -0.3 is 15.2 Å². The molecule has 17 heavy (non-hydrogen) atoms. The highest BCUT2D eigenvalue weighted by Gasteiger charge is 2.32. The molecule has 96 valence electrons. The number of benzene rings is 1. The van der Waals surface area contributed by atoms with Crippen LogP contribution in [-0.2, 0) is 10.3 Å². The fourth-order valence-electron chi connectivity index (χ4n) is 1.82. The second-order valence-electron chi connectivity index (χ2n) is 4.61. The van der Waals surface area contributed by atoms with Crippen LogP contribution in [0.15, 0.2) is 30.3 Å². The third-order valence-corrected chi connectivity index (χ3v) is 3.11. The Bertz CT molecular complexity index is 313. The maximum Gasteiger partial charge on any atom is 0.104 e.